The molecule has 1 amide bonds. The smallest absolute Gasteiger partial charge is 0.302 e. The molecule has 1 aromatic rings. The minimum absolute atomic E-state index is 0.110. The predicted molar refractivity (Wildman–Crippen MR) is 109 cm³/mol. The van der Waals surface area contributed by atoms with Crippen molar-refractivity contribution in [1.29, 1.82) is 0 Å². The molecule has 0 aliphatic carbocycles. The number of aryl methyl sites for hydroxylation is 1. The maximum absolute atomic E-state index is 11.5. The minimum atomic E-state index is -0.684. The van der Waals surface area contributed by atoms with Gasteiger partial charge in [-0.2, -0.15) is 5.46 Å². The summed E-state index contributed by atoms with van der Waals surface area (Å²) in [5.41, 5.74) is 1.54. The molecule has 1 atom stereocenters. The van der Waals surface area contributed by atoms with E-state index in [1.165, 1.54) is 19.3 Å². The third-order valence-corrected chi connectivity index (χ3v) is 4.50. The SMILES string of the molecule is CC(=O)NC(C)(CCc1ccc([BH2-]OCC(C)(C)CO)cc1)COC(C)=O. The fourth-order valence-electron chi connectivity index (χ4n) is 2.84. The molecule has 1 aromatic carbocycles. The molecule has 0 radical (unpaired) electrons. The molecule has 1 unspecified atom stereocenters. The fourth-order valence-corrected chi connectivity index (χ4v) is 2.84. The monoisotopic (exact) mass is 378 g/mol. The van der Waals surface area contributed by atoms with Crippen LogP contribution in [0.4, 0.5) is 0 Å². The number of hydrogen-bond acceptors (Lipinski definition) is 5. The Hall–Kier alpha value is -1.86. The van der Waals surface area contributed by atoms with E-state index in [0.29, 0.717) is 13.0 Å². The zero-order chi connectivity index (χ0) is 20.5. The Kier molecular flexibility index (Phi) is 8.99. The highest BCUT2D eigenvalue weighted by Crippen LogP contribution is 2.16. The number of hydrogen-bond donors (Lipinski definition) is 2. The van der Waals surface area contributed by atoms with Crippen LogP contribution in [0.3, 0.4) is 0 Å². The van der Waals surface area contributed by atoms with Gasteiger partial charge in [-0.15, -0.1) is 0 Å². The molecule has 152 valence electrons. The first-order valence-electron chi connectivity index (χ1n) is 9.50. The lowest BCUT2D eigenvalue weighted by atomic mass is 9.85. The first kappa shape index (κ1) is 23.2. The molecule has 2 N–H and O–H groups in total. The average Bonchev–Trinajstić information content (AvgIpc) is 2.59. The predicted octanol–water partition coefficient (Wildman–Crippen LogP) is 0.821. The van der Waals surface area contributed by atoms with Crippen molar-refractivity contribution in [3.05, 3.63) is 29.8 Å². The summed E-state index contributed by atoms with van der Waals surface area (Å²) in [6.07, 6.45) is 1.42. The molecular formula is C20H33BNO5-. The molecule has 0 aliphatic heterocycles. The zero-order valence-electron chi connectivity index (χ0n) is 17.4. The van der Waals surface area contributed by atoms with Gasteiger partial charge in [0.05, 0.1) is 12.1 Å². The topological polar surface area (TPSA) is 84.9 Å². The van der Waals surface area contributed by atoms with Gasteiger partial charge in [-0.25, -0.2) is 0 Å². The Morgan fingerprint density at radius 2 is 1.74 bits per heavy atom. The number of rotatable bonds is 11. The van der Waals surface area contributed by atoms with Gasteiger partial charge in [-0.3, -0.25) is 9.59 Å². The van der Waals surface area contributed by atoms with Gasteiger partial charge in [-0.05, 0) is 25.3 Å². The summed E-state index contributed by atoms with van der Waals surface area (Å²) < 4.78 is 10.9. The highest BCUT2D eigenvalue weighted by Gasteiger charge is 2.26. The Balaban J connectivity index is 2.57. The molecule has 0 fully saturated rings. The molecule has 6 nitrogen and oxygen atoms in total. The third-order valence-electron chi connectivity index (χ3n) is 4.50. The summed E-state index contributed by atoms with van der Waals surface area (Å²) in [4.78, 5) is 22.6. The van der Waals surface area contributed by atoms with Crippen molar-refractivity contribution in [2.45, 2.75) is 53.0 Å². The molecule has 0 saturated heterocycles. The second kappa shape index (κ2) is 10.5. The normalized spacial score (nSPS) is 13.7. The van der Waals surface area contributed by atoms with Crippen LogP contribution in [0, 0.1) is 5.41 Å². The first-order valence-corrected chi connectivity index (χ1v) is 9.50. The Morgan fingerprint density at radius 3 is 2.26 bits per heavy atom. The summed E-state index contributed by atoms with van der Waals surface area (Å²) in [6.45, 7) is 9.47. The van der Waals surface area contributed by atoms with Crippen molar-refractivity contribution in [2.75, 3.05) is 19.8 Å². The molecule has 0 heterocycles. The van der Waals surface area contributed by atoms with Gasteiger partial charge in [0, 0.05) is 25.9 Å². The van der Waals surface area contributed by atoms with E-state index in [0.717, 1.165) is 12.0 Å². The van der Waals surface area contributed by atoms with Crippen molar-refractivity contribution < 1.29 is 24.1 Å². The molecule has 0 aromatic heterocycles. The van der Waals surface area contributed by atoms with E-state index >= 15 is 0 Å². The number of aliphatic hydroxyl groups excluding tert-OH is 1. The van der Waals surface area contributed by atoms with Crippen LogP contribution in [-0.2, 0) is 25.4 Å². The maximum Gasteiger partial charge on any atom is 0.302 e. The molecule has 1 rings (SSSR count). The van der Waals surface area contributed by atoms with Crippen LogP contribution in [0.2, 0.25) is 0 Å². The lowest BCUT2D eigenvalue weighted by molar-refractivity contribution is -0.144. The van der Waals surface area contributed by atoms with E-state index in [9.17, 15) is 14.7 Å². The fraction of sp³-hybridized carbons (Fsp3) is 0.600. The average molecular weight is 378 g/mol. The molecule has 0 aliphatic rings. The van der Waals surface area contributed by atoms with Crippen LogP contribution in [0.5, 0.6) is 0 Å². The molecule has 7 heteroatoms. The van der Waals surface area contributed by atoms with Crippen LogP contribution in [-0.4, -0.2) is 49.8 Å². The van der Waals surface area contributed by atoms with Crippen molar-refractivity contribution >= 4 is 24.8 Å². The molecule has 0 saturated carbocycles. The molecule has 0 spiro atoms. The Bertz CT molecular complexity index is 617. The van der Waals surface area contributed by atoms with Crippen LogP contribution >= 0.6 is 0 Å². The van der Waals surface area contributed by atoms with Crippen LogP contribution in [0.15, 0.2) is 24.3 Å². The van der Waals surface area contributed by atoms with Crippen LogP contribution in [0.1, 0.15) is 46.6 Å². The van der Waals surface area contributed by atoms with Crippen molar-refractivity contribution in [2.24, 2.45) is 5.41 Å². The Morgan fingerprint density at radius 1 is 1.11 bits per heavy atom. The van der Waals surface area contributed by atoms with E-state index in [1.807, 2.05) is 20.8 Å². The maximum atomic E-state index is 11.5. The number of ether oxygens (including phenoxy) is 1. The van der Waals surface area contributed by atoms with E-state index in [2.05, 4.69) is 29.6 Å². The summed E-state index contributed by atoms with van der Waals surface area (Å²) in [6, 6.07) is 8.28. The molecular weight excluding hydrogens is 345 g/mol. The minimum Gasteiger partial charge on any atom is -0.591 e. The first-order chi connectivity index (χ1) is 12.6. The van der Waals surface area contributed by atoms with Gasteiger partial charge in [0.1, 0.15) is 14.1 Å². The number of amides is 1. The van der Waals surface area contributed by atoms with Crippen LogP contribution in [0.25, 0.3) is 0 Å². The summed E-state index contributed by atoms with van der Waals surface area (Å²) in [5.74, 6) is -0.502. The van der Waals surface area contributed by atoms with Gasteiger partial charge in [0.15, 0.2) is 0 Å². The number of nitrogens with one attached hydrogen (secondary N) is 1. The number of aliphatic hydroxyl groups is 1. The Labute approximate surface area is 162 Å². The van der Waals surface area contributed by atoms with Gasteiger partial charge in [-0.1, -0.05) is 38.1 Å². The number of benzene rings is 1. The lowest BCUT2D eigenvalue weighted by Gasteiger charge is -2.30. The number of carbonyl (C=O) groups is 2. The number of esters is 1. The standard InChI is InChI=1S/C20H33BNO5/c1-15(24)22-20(5,14-26-16(2)25)11-10-17-6-8-18(9-7-17)21-27-13-19(3,4)12-23/h6-9,23H,10-14,21H2,1-5H3,(H,22,24)/q-1. The molecule has 0 bridgehead atoms. The quantitative estimate of drug-likeness (QED) is 0.440. The van der Waals surface area contributed by atoms with E-state index in [1.54, 1.807) is 0 Å². The largest absolute Gasteiger partial charge is 0.591 e. The van der Waals surface area contributed by atoms with Crippen LogP contribution < -0.4 is 10.8 Å². The number of carbonyl (C=O) groups excluding carboxylic acids is 2. The van der Waals surface area contributed by atoms with Gasteiger partial charge >= 0.3 is 5.97 Å². The van der Waals surface area contributed by atoms with Crippen molar-refractivity contribution in [3.8, 4) is 0 Å². The second-order valence-electron chi connectivity index (χ2n) is 8.47. The summed E-state index contributed by atoms with van der Waals surface area (Å²) in [5, 5.41) is 12.1. The van der Waals surface area contributed by atoms with E-state index in [-0.39, 0.29) is 30.5 Å². The lowest BCUT2D eigenvalue weighted by Crippen LogP contribution is -2.49. The van der Waals surface area contributed by atoms with Crippen molar-refractivity contribution in [3.63, 3.8) is 0 Å². The van der Waals surface area contributed by atoms with Gasteiger partial charge in [0.25, 0.3) is 0 Å². The second-order valence-corrected chi connectivity index (χ2v) is 8.47. The summed E-state index contributed by atoms with van der Waals surface area (Å²) in [7, 11) is -0.684. The highest BCUT2D eigenvalue weighted by atomic mass is 16.5. The van der Waals surface area contributed by atoms with E-state index < -0.39 is 13.0 Å². The summed E-state index contributed by atoms with van der Waals surface area (Å²) >= 11 is 0. The van der Waals surface area contributed by atoms with Gasteiger partial charge in [0.2, 0.25) is 5.91 Å². The van der Waals surface area contributed by atoms with Gasteiger partial charge < -0.3 is 19.8 Å². The third kappa shape index (κ3) is 9.59. The zero-order valence-corrected chi connectivity index (χ0v) is 17.4. The highest BCUT2D eigenvalue weighted by molar-refractivity contribution is 6.46. The van der Waals surface area contributed by atoms with E-state index in [4.69, 9.17) is 9.39 Å². The van der Waals surface area contributed by atoms with Crippen molar-refractivity contribution in [1.82, 2.24) is 5.32 Å². The molecule has 27 heavy (non-hydrogen) atoms.